The van der Waals surface area contributed by atoms with Crippen LogP contribution in [0.25, 0.3) is 11.1 Å². The number of aromatic nitrogens is 1. The van der Waals surface area contributed by atoms with Crippen LogP contribution in [-0.4, -0.2) is 39.2 Å². The highest BCUT2D eigenvalue weighted by molar-refractivity contribution is 5.77. The molecule has 0 saturated carbocycles. The second-order valence-electron chi connectivity index (χ2n) is 8.51. The van der Waals surface area contributed by atoms with Crippen molar-refractivity contribution in [3.05, 3.63) is 34.3 Å². The van der Waals surface area contributed by atoms with E-state index in [4.69, 9.17) is 4.42 Å². The van der Waals surface area contributed by atoms with E-state index in [1.165, 1.54) is 4.57 Å². The van der Waals surface area contributed by atoms with Gasteiger partial charge in [-0.25, -0.2) is 4.79 Å². The SMILES string of the molecule is Cc1ccc2oc(=O)n(CCC(=O)N3CC[C@@](C)(O)[C@@H](CC(C)C)C3)c2c1. The number of amides is 1. The topological polar surface area (TPSA) is 75.7 Å². The van der Waals surface area contributed by atoms with Gasteiger partial charge in [-0.2, -0.15) is 0 Å². The number of oxazole rings is 1. The molecule has 1 amide bonds. The number of carbonyl (C=O) groups excluding carboxylic acids is 1. The van der Waals surface area contributed by atoms with Crippen molar-refractivity contribution in [3.8, 4) is 0 Å². The van der Waals surface area contributed by atoms with E-state index in [0.29, 0.717) is 37.6 Å². The maximum Gasteiger partial charge on any atom is 0.419 e. The zero-order valence-electron chi connectivity index (χ0n) is 16.7. The summed E-state index contributed by atoms with van der Waals surface area (Å²) in [5.41, 5.74) is 1.59. The van der Waals surface area contributed by atoms with Crippen LogP contribution in [0.15, 0.2) is 27.4 Å². The fourth-order valence-corrected chi connectivity index (χ4v) is 3.99. The van der Waals surface area contributed by atoms with E-state index in [1.807, 2.05) is 30.9 Å². The Balaban J connectivity index is 1.69. The molecule has 3 rings (SSSR count). The predicted molar refractivity (Wildman–Crippen MR) is 105 cm³/mol. The summed E-state index contributed by atoms with van der Waals surface area (Å²) in [6.45, 7) is 9.54. The monoisotopic (exact) mass is 374 g/mol. The van der Waals surface area contributed by atoms with Crippen molar-refractivity contribution >= 4 is 17.0 Å². The molecule has 2 heterocycles. The molecule has 1 fully saturated rings. The smallest absolute Gasteiger partial charge is 0.408 e. The van der Waals surface area contributed by atoms with Gasteiger partial charge in [-0.15, -0.1) is 0 Å². The van der Waals surface area contributed by atoms with Crippen molar-refractivity contribution in [1.82, 2.24) is 9.47 Å². The minimum Gasteiger partial charge on any atom is -0.408 e. The number of aryl methyl sites for hydroxylation is 2. The van der Waals surface area contributed by atoms with Crippen LogP contribution in [0, 0.1) is 18.8 Å². The van der Waals surface area contributed by atoms with Gasteiger partial charge in [0.1, 0.15) is 0 Å². The van der Waals surface area contributed by atoms with Gasteiger partial charge in [-0.3, -0.25) is 9.36 Å². The van der Waals surface area contributed by atoms with Gasteiger partial charge in [0.2, 0.25) is 5.91 Å². The summed E-state index contributed by atoms with van der Waals surface area (Å²) in [5.74, 6) is 0.141. The summed E-state index contributed by atoms with van der Waals surface area (Å²) in [6, 6.07) is 5.59. The van der Waals surface area contributed by atoms with Crippen LogP contribution in [0.4, 0.5) is 0 Å². The van der Waals surface area contributed by atoms with Crippen molar-refractivity contribution in [1.29, 1.82) is 0 Å². The molecule has 0 radical (unpaired) electrons. The van der Waals surface area contributed by atoms with Gasteiger partial charge in [0.15, 0.2) is 5.58 Å². The van der Waals surface area contributed by atoms with Gasteiger partial charge in [-0.1, -0.05) is 19.9 Å². The van der Waals surface area contributed by atoms with Gasteiger partial charge in [0.05, 0.1) is 11.1 Å². The number of hydrogen-bond acceptors (Lipinski definition) is 4. The summed E-state index contributed by atoms with van der Waals surface area (Å²) < 4.78 is 6.80. The number of nitrogens with zero attached hydrogens (tertiary/aromatic N) is 2. The number of rotatable bonds is 5. The van der Waals surface area contributed by atoms with Crippen LogP contribution in [0.3, 0.4) is 0 Å². The normalized spacial score (nSPS) is 23.3. The fourth-order valence-electron chi connectivity index (χ4n) is 3.99. The van der Waals surface area contributed by atoms with Gasteiger partial charge in [-0.05, 0) is 50.3 Å². The molecule has 1 aliphatic heterocycles. The predicted octanol–water partition coefficient (Wildman–Crippen LogP) is 2.94. The minimum atomic E-state index is -0.726. The third-order valence-corrected chi connectivity index (χ3v) is 5.69. The second kappa shape index (κ2) is 7.50. The van der Waals surface area contributed by atoms with Crippen molar-refractivity contribution < 1.29 is 14.3 Å². The lowest BCUT2D eigenvalue weighted by Crippen LogP contribution is -2.52. The molecule has 1 aliphatic rings. The first-order chi connectivity index (χ1) is 12.7. The van der Waals surface area contributed by atoms with Crippen molar-refractivity contribution in [2.24, 2.45) is 11.8 Å². The highest BCUT2D eigenvalue weighted by Gasteiger charge is 2.38. The molecule has 6 nitrogen and oxygen atoms in total. The summed E-state index contributed by atoms with van der Waals surface area (Å²) in [7, 11) is 0. The summed E-state index contributed by atoms with van der Waals surface area (Å²) in [4.78, 5) is 26.7. The lowest BCUT2D eigenvalue weighted by atomic mass is 9.78. The van der Waals surface area contributed by atoms with E-state index in [2.05, 4.69) is 13.8 Å². The molecule has 0 spiro atoms. The van der Waals surface area contributed by atoms with Gasteiger partial charge >= 0.3 is 5.76 Å². The van der Waals surface area contributed by atoms with Crippen LogP contribution in [0.2, 0.25) is 0 Å². The third kappa shape index (κ3) is 4.26. The molecule has 1 aromatic heterocycles. The Labute approximate surface area is 159 Å². The van der Waals surface area contributed by atoms with Crippen molar-refractivity contribution in [2.75, 3.05) is 13.1 Å². The van der Waals surface area contributed by atoms with E-state index >= 15 is 0 Å². The number of carbonyl (C=O) groups is 1. The summed E-state index contributed by atoms with van der Waals surface area (Å²) >= 11 is 0. The average molecular weight is 374 g/mol. The zero-order chi connectivity index (χ0) is 19.8. The average Bonchev–Trinajstić information content (AvgIpc) is 2.89. The molecule has 148 valence electrons. The molecule has 1 aromatic carbocycles. The first-order valence-electron chi connectivity index (χ1n) is 9.77. The zero-order valence-corrected chi connectivity index (χ0v) is 16.7. The lowest BCUT2D eigenvalue weighted by Gasteiger charge is -2.43. The quantitative estimate of drug-likeness (QED) is 0.873. The molecule has 6 heteroatoms. The molecule has 0 bridgehead atoms. The third-order valence-electron chi connectivity index (χ3n) is 5.69. The molecular formula is C21H30N2O4. The second-order valence-corrected chi connectivity index (χ2v) is 8.51. The van der Waals surface area contributed by atoms with Gasteiger partial charge in [0, 0.05) is 32.0 Å². The number of likely N-dealkylation sites (tertiary alicyclic amines) is 1. The maximum atomic E-state index is 12.7. The molecular weight excluding hydrogens is 344 g/mol. The van der Waals surface area contributed by atoms with Gasteiger partial charge < -0.3 is 14.4 Å². The maximum absolute atomic E-state index is 12.7. The molecule has 2 aromatic rings. The Hall–Kier alpha value is -2.08. The molecule has 27 heavy (non-hydrogen) atoms. The lowest BCUT2D eigenvalue weighted by molar-refractivity contribution is -0.139. The Morgan fingerprint density at radius 1 is 1.41 bits per heavy atom. The fraction of sp³-hybridized carbons (Fsp3) is 0.619. The van der Waals surface area contributed by atoms with Crippen LogP contribution in [0.1, 0.15) is 45.6 Å². The van der Waals surface area contributed by atoms with Crippen molar-refractivity contribution in [3.63, 3.8) is 0 Å². The van der Waals surface area contributed by atoms with E-state index in [1.54, 1.807) is 6.07 Å². The van der Waals surface area contributed by atoms with Crippen LogP contribution < -0.4 is 5.76 Å². The molecule has 1 saturated heterocycles. The molecule has 0 unspecified atom stereocenters. The van der Waals surface area contributed by atoms with Crippen molar-refractivity contribution in [2.45, 2.75) is 59.1 Å². The Bertz CT molecular complexity index is 878. The largest absolute Gasteiger partial charge is 0.419 e. The number of fused-ring (bicyclic) bond motifs is 1. The molecule has 2 atom stereocenters. The number of piperidine rings is 1. The number of benzene rings is 1. The molecule has 1 N–H and O–H groups in total. The highest BCUT2D eigenvalue weighted by atomic mass is 16.4. The first-order valence-corrected chi connectivity index (χ1v) is 9.77. The highest BCUT2D eigenvalue weighted by Crippen LogP contribution is 2.32. The Kier molecular flexibility index (Phi) is 5.47. The first kappa shape index (κ1) is 19.7. The Morgan fingerprint density at radius 3 is 2.85 bits per heavy atom. The van der Waals surface area contributed by atoms with E-state index in [-0.39, 0.29) is 18.2 Å². The molecule has 0 aliphatic carbocycles. The van der Waals surface area contributed by atoms with Crippen LogP contribution in [-0.2, 0) is 11.3 Å². The van der Waals surface area contributed by atoms with Gasteiger partial charge in [0.25, 0.3) is 0 Å². The van der Waals surface area contributed by atoms with E-state index in [0.717, 1.165) is 17.5 Å². The van der Waals surface area contributed by atoms with E-state index in [9.17, 15) is 14.7 Å². The number of hydrogen-bond donors (Lipinski definition) is 1. The van der Waals surface area contributed by atoms with E-state index < -0.39 is 11.4 Å². The Morgan fingerprint density at radius 2 is 2.15 bits per heavy atom. The minimum absolute atomic E-state index is 0.0214. The van der Waals surface area contributed by atoms with Crippen LogP contribution in [0.5, 0.6) is 0 Å². The van der Waals surface area contributed by atoms with Crippen LogP contribution >= 0.6 is 0 Å². The summed E-state index contributed by atoms with van der Waals surface area (Å²) in [6.07, 6.45) is 1.73. The summed E-state index contributed by atoms with van der Waals surface area (Å²) in [5, 5.41) is 10.6. The standard InChI is InChI=1S/C21H30N2O4/c1-14(2)11-16-13-22(10-8-21(16,4)26)19(24)7-9-23-17-12-15(3)5-6-18(17)27-20(23)25/h5-6,12,14,16,26H,7-11,13H2,1-4H3/t16-,21+/m0/s1. The number of aliphatic hydroxyl groups is 1.